The molecule has 5 nitrogen and oxygen atoms in total. The number of hydrogen-bond donors (Lipinski definition) is 0. The van der Waals surface area contributed by atoms with Gasteiger partial charge >= 0.3 is 0 Å². The van der Waals surface area contributed by atoms with Crippen LogP contribution in [0.4, 0.5) is 0 Å². The Morgan fingerprint density at radius 3 is 2.22 bits per heavy atom. The van der Waals surface area contributed by atoms with Gasteiger partial charge < -0.3 is 19.1 Å². The minimum atomic E-state index is -0.00202. The van der Waals surface area contributed by atoms with Crippen LogP contribution in [0.2, 0.25) is 0 Å². The van der Waals surface area contributed by atoms with Crippen molar-refractivity contribution in [1.82, 2.24) is 4.90 Å². The second-order valence-corrected chi connectivity index (χ2v) is 10.1. The molecule has 5 rings (SSSR count). The summed E-state index contributed by atoms with van der Waals surface area (Å²) in [5.41, 5.74) is 2.34. The molecule has 0 atom stereocenters. The predicted octanol–water partition coefficient (Wildman–Crippen LogP) is 6.68. The summed E-state index contributed by atoms with van der Waals surface area (Å²) in [6.45, 7) is 4.18. The second-order valence-electron chi connectivity index (χ2n) is 9.00. The second kappa shape index (κ2) is 11.1. The van der Waals surface area contributed by atoms with E-state index in [9.17, 15) is 4.79 Å². The summed E-state index contributed by atoms with van der Waals surface area (Å²) in [6, 6.07) is 21.2. The maximum absolute atomic E-state index is 13.8. The molecule has 1 aliphatic heterocycles. The number of carbonyl (C=O) groups excluding carboxylic acids is 1. The van der Waals surface area contributed by atoms with Crippen molar-refractivity contribution in [3.63, 3.8) is 0 Å². The summed E-state index contributed by atoms with van der Waals surface area (Å²) in [6.07, 6.45) is 3.63. The van der Waals surface area contributed by atoms with Gasteiger partial charge in [0.1, 0.15) is 17.2 Å². The van der Waals surface area contributed by atoms with Crippen molar-refractivity contribution in [3.05, 3.63) is 77.9 Å². The number of hydrogen-bond acceptors (Lipinski definition) is 6. The first-order valence-electron chi connectivity index (χ1n) is 12.4. The highest BCUT2D eigenvalue weighted by molar-refractivity contribution is 7.22. The molecule has 0 aliphatic carbocycles. The van der Waals surface area contributed by atoms with E-state index in [0.717, 1.165) is 50.7 Å². The van der Waals surface area contributed by atoms with Crippen LogP contribution < -0.4 is 14.2 Å². The number of thiophene rings is 1. The van der Waals surface area contributed by atoms with Gasteiger partial charge in [-0.25, -0.2) is 0 Å². The summed E-state index contributed by atoms with van der Waals surface area (Å²) >= 11 is 1.60. The topological polar surface area (TPSA) is 48.0 Å². The van der Waals surface area contributed by atoms with Crippen molar-refractivity contribution >= 4 is 27.2 Å². The summed E-state index contributed by atoms with van der Waals surface area (Å²) in [7, 11) is 3.30. The van der Waals surface area contributed by atoms with Gasteiger partial charge in [0.25, 0.3) is 0 Å². The van der Waals surface area contributed by atoms with Gasteiger partial charge in [0.05, 0.1) is 20.8 Å². The average molecular weight is 502 g/mol. The van der Waals surface area contributed by atoms with Crippen molar-refractivity contribution in [2.24, 2.45) is 0 Å². The zero-order chi connectivity index (χ0) is 24.9. The highest BCUT2D eigenvalue weighted by atomic mass is 32.1. The molecule has 3 aromatic carbocycles. The summed E-state index contributed by atoms with van der Waals surface area (Å²) in [5.74, 6) is 2.35. The Labute approximate surface area is 216 Å². The fraction of sp³-hybridized carbons (Fsp3) is 0.300. The Bertz CT molecular complexity index is 1320. The number of rotatable bonds is 10. The lowest BCUT2D eigenvalue weighted by Gasteiger charge is -2.14. The van der Waals surface area contributed by atoms with Gasteiger partial charge in [-0.2, -0.15) is 0 Å². The Morgan fingerprint density at radius 1 is 0.861 bits per heavy atom. The van der Waals surface area contributed by atoms with Crippen LogP contribution in [0.3, 0.4) is 0 Å². The van der Waals surface area contributed by atoms with Gasteiger partial charge in [0, 0.05) is 32.6 Å². The molecule has 1 aromatic heterocycles. The fourth-order valence-corrected chi connectivity index (χ4v) is 5.94. The van der Waals surface area contributed by atoms with Crippen molar-refractivity contribution < 1.29 is 19.0 Å². The van der Waals surface area contributed by atoms with Gasteiger partial charge in [-0.1, -0.05) is 0 Å². The number of likely N-dealkylation sites (tertiary alicyclic amines) is 1. The number of fused-ring (bicyclic) bond motifs is 1. The summed E-state index contributed by atoms with van der Waals surface area (Å²) in [5, 5.41) is 0.929. The number of ether oxygens (including phenoxy) is 3. The minimum absolute atomic E-state index is 0.00202. The first-order valence-corrected chi connectivity index (χ1v) is 13.2. The zero-order valence-electron chi connectivity index (χ0n) is 20.8. The van der Waals surface area contributed by atoms with Crippen LogP contribution in [0.25, 0.3) is 20.5 Å². The molecular formula is C30H31NO4S. The van der Waals surface area contributed by atoms with Crippen LogP contribution in [-0.4, -0.2) is 51.1 Å². The van der Waals surface area contributed by atoms with Crippen molar-refractivity contribution in [3.8, 4) is 27.7 Å². The third-order valence-corrected chi connectivity index (χ3v) is 7.88. The molecule has 4 aromatic rings. The molecule has 0 radical (unpaired) electrons. The summed E-state index contributed by atoms with van der Waals surface area (Å²) < 4.78 is 17.7. The number of carbonyl (C=O) groups is 1. The summed E-state index contributed by atoms with van der Waals surface area (Å²) in [4.78, 5) is 17.2. The third-order valence-electron chi connectivity index (χ3n) is 6.68. The Hall–Kier alpha value is -3.35. The molecule has 0 saturated carbocycles. The van der Waals surface area contributed by atoms with Gasteiger partial charge in [-0.3, -0.25) is 4.79 Å². The van der Waals surface area contributed by atoms with E-state index in [-0.39, 0.29) is 5.78 Å². The third kappa shape index (κ3) is 5.25. The lowest BCUT2D eigenvalue weighted by Crippen LogP contribution is -2.21. The zero-order valence-corrected chi connectivity index (χ0v) is 21.6. The van der Waals surface area contributed by atoms with Crippen molar-refractivity contribution in [2.75, 3.05) is 40.5 Å². The first kappa shape index (κ1) is 24.3. The van der Waals surface area contributed by atoms with Crippen LogP contribution in [0.5, 0.6) is 17.2 Å². The lowest BCUT2D eigenvalue weighted by molar-refractivity contribution is 0.104. The molecule has 1 aliphatic rings. The van der Waals surface area contributed by atoms with Crippen LogP contribution in [0.15, 0.2) is 66.7 Å². The van der Waals surface area contributed by atoms with E-state index in [2.05, 4.69) is 4.90 Å². The molecule has 2 heterocycles. The van der Waals surface area contributed by atoms with E-state index in [1.807, 2.05) is 66.7 Å². The smallest absolute Gasteiger partial charge is 0.195 e. The Balaban J connectivity index is 1.38. The number of nitrogens with zero attached hydrogens (tertiary/aromatic N) is 1. The molecule has 0 spiro atoms. The lowest BCUT2D eigenvalue weighted by atomic mass is 9.97. The van der Waals surface area contributed by atoms with Crippen LogP contribution in [-0.2, 0) is 0 Å². The average Bonchev–Trinajstić information content (AvgIpc) is 3.58. The maximum atomic E-state index is 13.8. The number of ketones is 1. The molecule has 0 unspecified atom stereocenters. The normalized spacial score (nSPS) is 13.7. The molecule has 0 amide bonds. The van der Waals surface area contributed by atoms with Crippen LogP contribution in [0.1, 0.15) is 35.2 Å². The van der Waals surface area contributed by atoms with E-state index < -0.39 is 0 Å². The molecule has 0 bridgehead atoms. The molecule has 6 heteroatoms. The molecule has 0 N–H and O–H groups in total. The van der Waals surface area contributed by atoms with Crippen molar-refractivity contribution in [2.45, 2.75) is 19.3 Å². The van der Waals surface area contributed by atoms with E-state index in [0.29, 0.717) is 17.7 Å². The van der Waals surface area contributed by atoms with E-state index in [1.54, 1.807) is 25.6 Å². The predicted molar refractivity (Wildman–Crippen MR) is 146 cm³/mol. The van der Waals surface area contributed by atoms with E-state index >= 15 is 0 Å². The largest absolute Gasteiger partial charge is 0.497 e. The Kier molecular flexibility index (Phi) is 7.54. The maximum Gasteiger partial charge on any atom is 0.195 e. The fourth-order valence-electron chi connectivity index (χ4n) is 4.71. The van der Waals surface area contributed by atoms with Gasteiger partial charge in [-0.15, -0.1) is 11.3 Å². The Morgan fingerprint density at radius 2 is 1.53 bits per heavy atom. The minimum Gasteiger partial charge on any atom is -0.497 e. The van der Waals surface area contributed by atoms with E-state index in [4.69, 9.17) is 14.2 Å². The SMILES string of the molecule is COc1ccc(-c2sc3cc(OC)ccc3c2C(=O)c2ccc(OCCCN3CCCC3)cc2)cc1. The monoisotopic (exact) mass is 501 g/mol. The van der Waals surface area contributed by atoms with Crippen LogP contribution in [0, 0.1) is 0 Å². The van der Waals surface area contributed by atoms with Gasteiger partial charge in [0.2, 0.25) is 0 Å². The molecule has 1 saturated heterocycles. The van der Waals surface area contributed by atoms with E-state index in [1.165, 1.54) is 25.9 Å². The van der Waals surface area contributed by atoms with Crippen molar-refractivity contribution in [1.29, 1.82) is 0 Å². The highest BCUT2D eigenvalue weighted by Crippen LogP contribution is 2.41. The van der Waals surface area contributed by atoms with Crippen LogP contribution >= 0.6 is 11.3 Å². The number of methoxy groups -OCH3 is 2. The standard InChI is InChI=1S/C30H31NO4S/c1-33-23-10-8-22(9-11-23)30-28(26-15-14-25(34-2)20-27(26)36-30)29(32)21-6-12-24(13-7-21)35-19-5-18-31-16-3-4-17-31/h6-15,20H,3-5,16-19H2,1-2H3. The molecular weight excluding hydrogens is 470 g/mol. The highest BCUT2D eigenvalue weighted by Gasteiger charge is 2.22. The first-order chi connectivity index (χ1) is 17.7. The van der Waals surface area contributed by atoms with Gasteiger partial charge in [0.15, 0.2) is 5.78 Å². The molecule has 186 valence electrons. The quantitative estimate of drug-likeness (QED) is 0.179. The van der Waals surface area contributed by atoms with Gasteiger partial charge in [-0.05, 0) is 105 Å². The number of benzene rings is 3. The molecule has 36 heavy (non-hydrogen) atoms. The molecule has 1 fully saturated rings.